The number of carbonyl (C=O) groups excluding carboxylic acids is 2. The van der Waals surface area contributed by atoms with Gasteiger partial charge in [-0.1, -0.05) is 32.9 Å². The number of nitrogens with one attached hydrogen (secondary N) is 2. The van der Waals surface area contributed by atoms with Crippen molar-refractivity contribution >= 4 is 49.5 Å². The number of amides is 1. The summed E-state index contributed by atoms with van der Waals surface area (Å²) in [6, 6.07) is 10.1. The summed E-state index contributed by atoms with van der Waals surface area (Å²) < 4.78 is 25.6. The molecular formula is C26H31N3O4S2. The summed E-state index contributed by atoms with van der Waals surface area (Å²) in [6.45, 7) is 6.85. The Morgan fingerprint density at radius 3 is 2.71 bits per heavy atom. The van der Waals surface area contributed by atoms with Gasteiger partial charge in [0, 0.05) is 23.2 Å². The maximum atomic E-state index is 13.1. The van der Waals surface area contributed by atoms with Gasteiger partial charge in [0.1, 0.15) is 11.1 Å². The Morgan fingerprint density at radius 1 is 1.26 bits per heavy atom. The van der Waals surface area contributed by atoms with Gasteiger partial charge in [0.25, 0.3) is 5.91 Å². The number of sulfonamides is 1. The number of fused-ring (bicyclic) bond motifs is 2. The second kappa shape index (κ2) is 9.70. The van der Waals surface area contributed by atoms with Crippen LogP contribution in [0.2, 0.25) is 0 Å². The average Bonchev–Trinajstić information content (AvgIpc) is 3.18. The SMILES string of the molecule is CC(C)(C)[C@H]1CCc2nc3sc(C(=O)N[C@H](CC=O)c4cccc(NS(C)(=O)=O)c4)cc3cc2C1. The van der Waals surface area contributed by atoms with Gasteiger partial charge in [0.15, 0.2) is 0 Å². The van der Waals surface area contributed by atoms with Crippen LogP contribution in [-0.4, -0.2) is 31.9 Å². The van der Waals surface area contributed by atoms with E-state index in [2.05, 4.69) is 36.9 Å². The first-order valence-electron chi connectivity index (χ1n) is 11.7. The van der Waals surface area contributed by atoms with Crippen molar-refractivity contribution in [3.8, 4) is 0 Å². The number of carbonyl (C=O) groups is 2. The minimum absolute atomic E-state index is 0.0691. The predicted molar refractivity (Wildman–Crippen MR) is 140 cm³/mol. The molecule has 1 aliphatic carbocycles. The molecule has 2 N–H and O–H groups in total. The predicted octanol–water partition coefficient (Wildman–Crippen LogP) is 4.88. The topological polar surface area (TPSA) is 105 Å². The van der Waals surface area contributed by atoms with Crippen LogP contribution in [-0.2, 0) is 27.7 Å². The van der Waals surface area contributed by atoms with Crippen LogP contribution in [0.4, 0.5) is 5.69 Å². The second-order valence-corrected chi connectivity index (χ2v) is 13.1. The summed E-state index contributed by atoms with van der Waals surface area (Å²) in [7, 11) is -3.44. The van der Waals surface area contributed by atoms with E-state index >= 15 is 0 Å². The van der Waals surface area contributed by atoms with Crippen LogP contribution in [0.1, 0.15) is 66.1 Å². The first-order chi connectivity index (χ1) is 16.4. The van der Waals surface area contributed by atoms with Crippen molar-refractivity contribution in [1.29, 1.82) is 0 Å². The number of aryl methyl sites for hydroxylation is 1. The van der Waals surface area contributed by atoms with Gasteiger partial charge in [-0.25, -0.2) is 13.4 Å². The van der Waals surface area contributed by atoms with Crippen LogP contribution in [0.3, 0.4) is 0 Å². The normalized spacial score (nSPS) is 17.0. The van der Waals surface area contributed by atoms with Gasteiger partial charge in [0.2, 0.25) is 10.0 Å². The van der Waals surface area contributed by atoms with Crippen LogP contribution in [0, 0.1) is 11.3 Å². The van der Waals surface area contributed by atoms with E-state index in [0.29, 0.717) is 22.0 Å². The Labute approximate surface area is 210 Å². The maximum Gasteiger partial charge on any atom is 0.261 e. The number of thiophene rings is 1. The van der Waals surface area contributed by atoms with E-state index in [1.54, 1.807) is 24.3 Å². The molecule has 1 aliphatic rings. The number of anilines is 1. The molecule has 1 aromatic carbocycles. The number of hydrogen-bond donors (Lipinski definition) is 2. The lowest BCUT2D eigenvalue weighted by Crippen LogP contribution is -2.28. The molecule has 0 aliphatic heterocycles. The molecule has 2 heterocycles. The minimum atomic E-state index is -3.44. The van der Waals surface area contributed by atoms with Crippen molar-refractivity contribution in [3.05, 3.63) is 58.1 Å². The van der Waals surface area contributed by atoms with Crippen molar-refractivity contribution in [2.75, 3.05) is 11.0 Å². The third-order valence-corrected chi connectivity index (χ3v) is 8.20. The lowest BCUT2D eigenvalue weighted by Gasteiger charge is -2.34. The molecule has 0 radical (unpaired) electrons. The van der Waals surface area contributed by atoms with Gasteiger partial charge in [-0.05, 0) is 66.0 Å². The number of nitrogens with zero attached hydrogens (tertiary/aromatic N) is 1. The number of aromatic nitrogens is 1. The van der Waals surface area contributed by atoms with E-state index < -0.39 is 16.1 Å². The minimum Gasteiger partial charge on any atom is -0.344 e. The molecular weight excluding hydrogens is 482 g/mol. The highest BCUT2D eigenvalue weighted by Gasteiger charge is 2.30. The summed E-state index contributed by atoms with van der Waals surface area (Å²) in [5.74, 6) is 0.319. The van der Waals surface area contributed by atoms with Crippen LogP contribution < -0.4 is 10.0 Å². The van der Waals surface area contributed by atoms with Crippen LogP contribution in [0.25, 0.3) is 10.2 Å². The Bertz CT molecular complexity index is 1370. The third-order valence-electron chi connectivity index (χ3n) is 6.55. The summed E-state index contributed by atoms with van der Waals surface area (Å²) in [6.07, 6.45) is 4.95. The zero-order chi connectivity index (χ0) is 25.4. The molecule has 0 unspecified atom stereocenters. The zero-order valence-electron chi connectivity index (χ0n) is 20.4. The molecule has 1 amide bonds. The molecule has 35 heavy (non-hydrogen) atoms. The first kappa shape index (κ1) is 25.3. The molecule has 186 valence electrons. The molecule has 4 rings (SSSR count). The molecule has 2 aromatic heterocycles. The molecule has 0 saturated carbocycles. The summed E-state index contributed by atoms with van der Waals surface area (Å²) in [5.41, 5.74) is 3.65. The molecule has 0 spiro atoms. The van der Waals surface area contributed by atoms with Crippen molar-refractivity contribution in [2.24, 2.45) is 11.3 Å². The highest BCUT2D eigenvalue weighted by Crippen LogP contribution is 2.38. The summed E-state index contributed by atoms with van der Waals surface area (Å²) in [4.78, 5) is 30.7. The number of pyridine rings is 1. The Hall–Kier alpha value is -2.78. The van der Waals surface area contributed by atoms with Crippen LogP contribution in [0.15, 0.2) is 36.4 Å². The van der Waals surface area contributed by atoms with E-state index in [1.165, 1.54) is 16.9 Å². The number of aldehydes is 1. The van der Waals surface area contributed by atoms with Gasteiger partial charge in [-0.2, -0.15) is 0 Å². The third kappa shape index (κ3) is 6.08. The van der Waals surface area contributed by atoms with E-state index in [-0.39, 0.29) is 17.7 Å². The smallest absolute Gasteiger partial charge is 0.261 e. The van der Waals surface area contributed by atoms with Gasteiger partial charge in [-0.15, -0.1) is 11.3 Å². The lowest BCUT2D eigenvalue weighted by atomic mass is 9.71. The van der Waals surface area contributed by atoms with Crippen LogP contribution >= 0.6 is 11.3 Å². The van der Waals surface area contributed by atoms with E-state index in [4.69, 9.17) is 4.98 Å². The molecule has 9 heteroatoms. The Balaban J connectivity index is 1.56. The maximum absolute atomic E-state index is 13.1. The van der Waals surface area contributed by atoms with Crippen molar-refractivity contribution < 1.29 is 18.0 Å². The summed E-state index contributed by atoms with van der Waals surface area (Å²) in [5, 5.41) is 3.89. The van der Waals surface area contributed by atoms with Gasteiger partial charge < -0.3 is 10.1 Å². The molecule has 2 atom stereocenters. The monoisotopic (exact) mass is 513 g/mol. The Kier molecular flexibility index (Phi) is 7.02. The average molecular weight is 514 g/mol. The number of hydrogen-bond acceptors (Lipinski definition) is 6. The van der Waals surface area contributed by atoms with E-state index in [0.717, 1.165) is 47.7 Å². The standard InChI is InChI=1S/C26H31N3O4S2/c1-26(2,3)19-8-9-21-17(13-19)12-18-15-23(34-25(18)28-21)24(31)27-22(10-11-30)16-6-5-7-20(14-16)29-35(4,32)33/h5-7,11-12,14-15,19,22,29H,8-10,13H2,1-4H3,(H,27,31)/t19-,22+/m0/s1. The highest BCUT2D eigenvalue weighted by molar-refractivity contribution is 7.92. The molecule has 0 saturated heterocycles. The van der Waals surface area contributed by atoms with Crippen molar-refractivity contribution in [2.45, 2.75) is 52.5 Å². The fourth-order valence-corrected chi connectivity index (χ4v) is 6.10. The van der Waals surface area contributed by atoms with E-state index in [1.807, 2.05) is 6.07 Å². The molecule has 7 nitrogen and oxygen atoms in total. The van der Waals surface area contributed by atoms with Crippen LogP contribution in [0.5, 0.6) is 0 Å². The van der Waals surface area contributed by atoms with Gasteiger partial charge in [0.05, 0.1) is 17.2 Å². The Morgan fingerprint density at radius 2 is 2.03 bits per heavy atom. The van der Waals surface area contributed by atoms with E-state index in [9.17, 15) is 18.0 Å². The summed E-state index contributed by atoms with van der Waals surface area (Å²) >= 11 is 1.35. The van der Waals surface area contributed by atoms with Gasteiger partial charge in [-0.3, -0.25) is 9.52 Å². The van der Waals surface area contributed by atoms with Gasteiger partial charge >= 0.3 is 0 Å². The number of benzene rings is 1. The fraction of sp³-hybridized carbons (Fsp3) is 0.423. The molecule has 0 bridgehead atoms. The lowest BCUT2D eigenvalue weighted by molar-refractivity contribution is -0.108. The van der Waals surface area contributed by atoms with Crippen molar-refractivity contribution in [3.63, 3.8) is 0 Å². The fourth-order valence-electron chi connectivity index (χ4n) is 4.61. The number of rotatable bonds is 7. The second-order valence-electron chi connectivity index (χ2n) is 10.3. The largest absolute Gasteiger partial charge is 0.344 e. The zero-order valence-corrected chi connectivity index (χ0v) is 22.1. The quantitative estimate of drug-likeness (QED) is 0.438. The molecule has 0 fully saturated rings. The highest BCUT2D eigenvalue weighted by atomic mass is 32.2. The molecule has 3 aromatic rings. The first-order valence-corrected chi connectivity index (χ1v) is 14.4. The van der Waals surface area contributed by atoms with Crippen molar-refractivity contribution in [1.82, 2.24) is 10.3 Å².